The Kier molecular flexibility index (Phi) is 8.26. The van der Waals surface area contributed by atoms with Crippen molar-refractivity contribution < 1.29 is 14.3 Å². The van der Waals surface area contributed by atoms with Crippen molar-refractivity contribution >= 4 is 22.8 Å². The molecular formula is C20H30N4O3. The minimum absolute atomic E-state index is 0.0396. The van der Waals surface area contributed by atoms with Gasteiger partial charge >= 0.3 is 0 Å². The van der Waals surface area contributed by atoms with Crippen molar-refractivity contribution in [1.82, 2.24) is 19.8 Å². The lowest BCUT2D eigenvalue weighted by molar-refractivity contribution is -0.132. The number of methoxy groups -OCH3 is 1. The zero-order valence-electron chi connectivity index (χ0n) is 16.5. The highest BCUT2D eigenvalue weighted by Crippen LogP contribution is 2.17. The van der Waals surface area contributed by atoms with Crippen LogP contribution in [0.3, 0.4) is 0 Å². The van der Waals surface area contributed by atoms with Gasteiger partial charge in [-0.3, -0.25) is 9.59 Å². The second kappa shape index (κ2) is 10.7. The average Bonchev–Trinajstić information content (AvgIpc) is 2.99. The van der Waals surface area contributed by atoms with E-state index < -0.39 is 0 Å². The van der Waals surface area contributed by atoms with Gasteiger partial charge in [-0.2, -0.15) is 0 Å². The van der Waals surface area contributed by atoms with Gasteiger partial charge in [0.1, 0.15) is 19.0 Å². The molecule has 7 nitrogen and oxygen atoms in total. The van der Waals surface area contributed by atoms with Crippen LogP contribution >= 0.6 is 0 Å². The van der Waals surface area contributed by atoms with Gasteiger partial charge in [-0.25, -0.2) is 4.98 Å². The first-order valence-electron chi connectivity index (χ1n) is 9.58. The monoisotopic (exact) mass is 374 g/mol. The number of imidazole rings is 1. The molecule has 1 aromatic heterocycles. The molecule has 1 heterocycles. The van der Waals surface area contributed by atoms with Gasteiger partial charge in [0.15, 0.2) is 0 Å². The Balaban J connectivity index is 2.17. The maximum atomic E-state index is 12.8. The summed E-state index contributed by atoms with van der Waals surface area (Å²) in [5, 5.41) is 2.81. The smallest absolute Gasteiger partial charge is 0.245 e. The van der Waals surface area contributed by atoms with Crippen molar-refractivity contribution in [3.63, 3.8) is 0 Å². The second-order valence-corrected chi connectivity index (χ2v) is 6.52. The van der Waals surface area contributed by atoms with Crippen LogP contribution in [-0.4, -0.2) is 59.6 Å². The first-order chi connectivity index (χ1) is 13.1. The number of ether oxygens (including phenoxy) is 1. The molecule has 0 atom stereocenters. The van der Waals surface area contributed by atoms with Gasteiger partial charge < -0.3 is 19.5 Å². The average molecular weight is 374 g/mol. The quantitative estimate of drug-likeness (QED) is 0.653. The van der Waals surface area contributed by atoms with E-state index in [1.54, 1.807) is 0 Å². The summed E-state index contributed by atoms with van der Waals surface area (Å²) >= 11 is 0. The molecule has 2 rings (SSSR count). The fourth-order valence-corrected chi connectivity index (χ4v) is 3.12. The topological polar surface area (TPSA) is 76.5 Å². The molecule has 148 valence electrons. The first-order valence-corrected chi connectivity index (χ1v) is 9.58. The van der Waals surface area contributed by atoms with Crippen LogP contribution in [0.2, 0.25) is 0 Å². The van der Waals surface area contributed by atoms with Gasteiger partial charge in [0.25, 0.3) is 0 Å². The summed E-state index contributed by atoms with van der Waals surface area (Å²) in [6.45, 7) is 6.45. The number of rotatable bonds is 11. The molecule has 0 saturated carbocycles. The Morgan fingerprint density at radius 3 is 2.56 bits per heavy atom. The minimum atomic E-state index is -0.159. The summed E-state index contributed by atoms with van der Waals surface area (Å²) in [5.74, 6) is 0.745. The number of benzene rings is 1. The third kappa shape index (κ3) is 5.79. The maximum absolute atomic E-state index is 12.8. The summed E-state index contributed by atoms with van der Waals surface area (Å²) in [6.07, 6.45) is 2.43. The van der Waals surface area contributed by atoms with Crippen molar-refractivity contribution in [2.75, 3.05) is 33.4 Å². The molecule has 7 heteroatoms. The first kappa shape index (κ1) is 20.9. The third-order valence-electron chi connectivity index (χ3n) is 4.31. The Hall–Kier alpha value is -2.41. The molecule has 27 heavy (non-hydrogen) atoms. The number of fused-ring (bicyclic) bond motifs is 1. The Bertz CT molecular complexity index is 751. The highest BCUT2D eigenvalue weighted by molar-refractivity contribution is 5.81. The second-order valence-electron chi connectivity index (χ2n) is 6.52. The van der Waals surface area contributed by atoms with Crippen LogP contribution in [0, 0.1) is 0 Å². The number of hydrogen-bond donors (Lipinski definition) is 1. The number of amides is 2. The fourth-order valence-electron chi connectivity index (χ4n) is 3.12. The summed E-state index contributed by atoms with van der Waals surface area (Å²) < 4.78 is 6.79. The molecule has 0 bridgehead atoms. The lowest BCUT2D eigenvalue weighted by Crippen LogP contribution is -2.35. The molecule has 0 fully saturated rings. The molecular weight excluding hydrogens is 344 g/mol. The molecule has 0 aliphatic heterocycles. The van der Waals surface area contributed by atoms with Crippen molar-refractivity contribution in [3.8, 4) is 0 Å². The van der Waals surface area contributed by atoms with Gasteiger partial charge in [-0.1, -0.05) is 26.0 Å². The van der Waals surface area contributed by atoms with E-state index in [1.165, 1.54) is 7.11 Å². The highest BCUT2D eigenvalue weighted by Gasteiger charge is 2.17. The van der Waals surface area contributed by atoms with E-state index >= 15 is 0 Å². The summed E-state index contributed by atoms with van der Waals surface area (Å²) in [7, 11) is 1.49. The Morgan fingerprint density at radius 2 is 1.89 bits per heavy atom. The molecule has 2 aromatic rings. The van der Waals surface area contributed by atoms with Crippen LogP contribution in [-0.2, 0) is 27.3 Å². The molecule has 0 unspecified atom stereocenters. The van der Waals surface area contributed by atoms with E-state index in [0.29, 0.717) is 13.0 Å². The van der Waals surface area contributed by atoms with Crippen LogP contribution in [0.4, 0.5) is 0 Å². The predicted molar refractivity (Wildman–Crippen MR) is 105 cm³/mol. The molecule has 0 aliphatic carbocycles. The zero-order chi connectivity index (χ0) is 19.6. The maximum Gasteiger partial charge on any atom is 0.245 e. The molecule has 0 aliphatic rings. The summed E-state index contributed by atoms with van der Waals surface area (Å²) in [4.78, 5) is 31.0. The van der Waals surface area contributed by atoms with Gasteiger partial charge in [-0.15, -0.1) is 0 Å². The van der Waals surface area contributed by atoms with Crippen LogP contribution in [0.25, 0.3) is 11.0 Å². The molecule has 1 aromatic carbocycles. The van der Waals surface area contributed by atoms with Gasteiger partial charge in [-0.05, 0) is 25.0 Å². The van der Waals surface area contributed by atoms with Crippen molar-refractivity contribution in [2.45, 2.75) is 39.7 Å². The lowest BCUT2D eigenvalue weighted by atomic mass is 10.3. The standard InChI is InChI=1S/C20H30N4O3/c1-4-12-23(13-5-2)20(26)14-24-17-9-7-6-8-16(17)22-18(24)10-11-21-19(25)15-27-3/h6-9H,4-5,10-15H2,1-3H3,(H,21,25). The van der Waals surface area contributed by atoms with Gasteiger partial charge in [0.2, 0.25) is 11.8 Å². The van der Waals surface area contributed by atoms with Crippen LogP contribution < -0.4 is 5.32 Å². The van der Waals surface area contributed by atoms with E-state index in [1.807, 2.05) is 33.7 Å². The zero-order valence-corrected chi connectivity index (χ0v) is 16.5. The minimum Gasteiger partial charge on any atom is -0.375 e. The molecule has 0 spiro atoms. The molecule has 0 radical (unpaired) electrons. The van der Waals surface area contributed by atoms with Crippen molar-refractivity contribution in [1.29, 1.82) is 0 Å². The third-order valence-corrected chi connectivity index (χ3v) is 4.31. The number of nitrogens with zero attached hydrogens (tertiary/aromatic N) is 3. The predicted octanol–water partition coefficient (Wildman–Crippen LogP) is 1.99. The number of nitrogens with one attached hydrogen (secondary N) is 1. The number of carbonyl (C=O) groups is 2. The van der Waals surface area contributed by atoms with Crippen LogP contribution in [0.15, 0.2) is 24.3 Å². The molecule has 0 saturated heterocycles. The number of aromatic nitrogens is 2. The summed E-state index contributed by atoms with van der Waals surface area (Å²) in [5.41, 5.74) is 1.80. The van der Waals surface area contributed by atoms with Crippen LogP contribution in [0.5, 0.6) is 0 Å². The van der Waals surface area contributed by atoms with E-state index in [-0.39, 0.29) is 25.0 Å². The van der Waals surface area contributed by atoms with Gasteiger partial charge in [0, 0.05) is 33.2 Å². The SMILES string of the molecule is CCCN(CCC)C(=O)Cn1c(CCNC(=O)COC)nc2ccccc21. The number of hydrogen-bond acceptors (Lipinski definition) is 4. The summed E-state index contributed by atoms with van der Waals surface area (Å²) in [6, 6.07) is 7.81. The van der Waals surface area contributed by atoms with Gasteiger partial charge in [0.05, 0.1) is 11.0 Å². The van der Waals surface area contributed by atoms with E-state index in [4.69, 9.17) is 4.74 Å². The van der Waals surface area contributed by atoms with Crippen molar-refractivity contribution in [3.05, 3.63) is 30.1 Å². The highest BCUT2D eigenvalue weighted by atomic mass is 16.5. The molecule has 1 N–H and O–H groups in total. The van der Waals surface area contributed by atoms with E-state index in [2.05, 4.69) is 24.1 Å². The number of carbonyl (C=O) groups excluding carboxylic acids is 2. The Labute approximate surface area is 160 Å². The largest absolute Gasteiger partial charge is 0.375 e. The van der Waals surface area contributed by atoms with Crippen LogP contribution in [0.1, 0.15) is 32.5 Å². The molecule has 2 amide bonds. The Morgan fingerprint density at radius 1 is 1.19 bits per heavy atom. The van der Waals surface area contributed by atoms with E-state index in [0.717, 1.165) is 42.8 Å². The fraction of sp³-hybridized carbons (Fsp3) is 0.550. The van der Waals surface area contributed by atoms with Crippen molar-refractivity contribution in [2.24, 2.45) is 0 Å². The van der Waals surface area contributed by atoms with E-state index in [9.17, 15) is 9.59 Å². The number of para-hydroxylation sites is 2. The normalized spacial score (nSPS) is 10.9. The lowest BCUT2D eigenvalue weighted by Gasteiger charge is -2.22.